The van der Waals surface area contributed by atoms with Crippen molar-refractivity contribution in [1.29, 1.82) is 0 Å². The van der Waals surface area contributed by atoms with Crippen LogP contribution >= 0.6 is 46.4 Å². The Labute approximate surface area is 135 Å². The number of nitrogens with zero attached hydrogens (tertiary/aromatic N) is 3. The molecule has 4 nitrogen and oxygen atoms in total. The van der Waals surface area contributed by atoms with Crippen LogP contribution in [-0.4, -0.2) is 19.9 Å². The molecule has 0 bridgehead atoms. The van der Waals surface area contributed by atoms with E-state index in [0.717, 1.165) is 5.54 Å². The van der Waals surface area contributed by atoms with Gasteiger partial charge in [0, 0.05) is 21.1 Å². The molecule has 1 atom stereocenters. The van der Waals surface area contributed by atoms with Crippen molar-refractivity contribution < 1.29 is 5.11 Å². The molecule has 1 unspecified atom stereocenters. The molecular formula is C12H9Cl4N3O. The molecule has 2 aromatic rings. The molecule has 2 rings (SSSR count). The Balaban J connectivity index is 2.51. The fourth-order valence-electron chi connectivity index (χ4n) is 1.75. The summed E-state index contributed by atoms with van der Waals surface area (Å²) in [6.45, 7) is 0.0103. The van der Waals surface area contributed by atoms with E-state index >= 15 is 0 Å². The summed E-state index contributed by atoms with van der Waals surface area (Å²) < 4.78 is 1.42. The highest BCUT2D eigenvalue weighted by atomic mass is 35.5. The molecule has 0 saturated heterocycles. The first-order valence-corrected chi connectivity index (χ1v) is 7.01. The topological polar surface area (TPSA) is 50.9 Å². The van der Waals surface area contributed by atoms with Crippen LogP contribution in [0.1, 0.15) is 5.56 Å². The minimum atomic E-state index is -1.63. The van der Waals surface area contributed by atoms with Crippen LogP contribution in [0.4, 0.5) is 0 Å². The number of hydrogen-bond donors (Lipinski definition) is 1. The molecule has 106 valence electrons. The predicted molar refractivity (Wildman–Crippen MR) is 80.2 cm³/mol. The summed E-state index contributed by atoms with van der Waals surface area (Å²) >= 11 is 23.7. The lowest BCUT2D eigenvalue weighted by atomic mass is 9.93. The molecular weight excluding hydrogens is 344 g/mol. The number of halogens is 4. The third-order valence-corrected chi connectivity index (χ3v) is 4.02. The third-order valence-electron chi connectivity index (χ3n) is 2.72. The van der Waals surface area contributed by atoms with E-state index in [4.69, 9.17) is 46.4 Å². The molecule has 0 aliphatic carbocycles. The van der Waals surface area contributed by atoms with E-state index in [0.29, 0.717) is 10.6 Å². The maximum absolute atomic E-state index is 10.9. The maximum atomic E-state index is 10.9. The second-order valence-corrected chi connectivity index (χ2v) is 5.50. The van der Waals surface area contributed by atoms with Crippen molar-refractivity contribution in [3.63, 3.8) is 0 Å². The van der Waals surface area contributed by atoms with E-state index in [1.807, 2.05) is 0 Å². The lowest BCUT2D eigenvalue weighted by Gasteiger charge is -2.28. The van der Waals surface area contributed by atoms with Gasteiger partial charge in [0.2, 0.25) is 0 Å². The van der Waals surface area contributed by atoms with Gasteiger partial charge in [-0.25, -0.2) is 9.67 Å². The van der Waals surface area contributed by atoms with Gasteiger partial charge in [0.15, 0.2) is 0 Å². The third kappa shape index (κ3) is 3.10. The summed E-state index contributed by atoms with van der Waals surface area (Å²) in [4.78, 5) is 3.81. The molecule has 0 aliphatic heterocycles. The van der Waals surface area contributed by atoms with Crippen molar-refractivity contribution in [3.8, 4) is 0 Å². The van der Waals surface area contributed by atoms with E-state index in [2.05, 4.69) is 10.1 Å². The second-order valence-electron chi connectivity index (χ2n) is 4.03. The SMILES string of the molecule is OC(Cn1cncn1)(/C(Cl)=C/Cl)c1ccc(Cl)cc1Cl. The van der Waals surface area contributed by atoms with Crippen molar-refractivity contribution in [2.24, 2.45) is 0 Å². The van der Waals surface area contributed by atoms with Gasteiger partial charge in [-0.05, 0) is 12.1 Å². The van der Waals surface area contributed by atoms with Crippen molar-refractivity contribution >= 4 is 46.4 Å². The van der Waals surface area contributed by atoms with Crippen LogP contribution in [0, 0.1) is 0 Å². The highest BCUT2D eigenvalue weighted by Crippen LogP contribution is 2.38. The van der Waals surface area contributed by atoms with Gasteiger partial charge in [-0.2, -0.15) is 5.10 Å². The van der Waals surface area contributed by atoms with E-state index in [1.165, 1.54) is 23.4 Å². The molecule has 0 aliphatic rings. The predicted octanol–water partition coefficient (Wildman–Crippen LogP) is 3.79. The normalized spacial score (nSPS) is 15.2. The summed E-state index contributed by atoms with van der Waals surface area (Å²) in [5.74, 6) is 0. The fourth-order valence-corrected chi connectivity index (χ4v) is 2.66. The van der Waals surface area contributed by atoms with Crippen LogP contribution in [0.5, 0.6) is 0 Å². The van der Waals surface area contributed by atoms with Gasteiger partial charge in [-0.15, -0.1) is 0 Å². The highest BCUT2D eigenvalue weighted by Gasteiger charge is 2.36. The highest BCUT2D eigenvalue weighted by molar-refractivity contribution is 6.38. The van der Waals surface area contributed by atoms with Gasteiger partial charge in [0.1, 0.15) is 18.3 Å². The Morgan fingerprint density at radius 2 is 2.15 bits per heavy atom. The van der Waals surface area contributed by atoms with Gasteiger partial charge < -0.3 is 5.11 Å². The van der Waals surface area contributed by atoms with E-state index in [1.54, 1.807) is 12.1 Å². The van der Waals surface area contributed by atoms with E-state index in [9.17, 15) is 5.11 Å². The lowest BCUT2D eigenvalue weighted by molar-refractivity contribution is 0.0609. The Morgan fingerprint density at radius 3 is 2.70 bits per heavy atom. The number of rotatable bonds is 4. The molecule has 1 N–H and O–H groups in total. The molecule has 0 radical (unpaired) electrons. The van der Waals surface area contributed by atoms with Gasteiger partial charge in [0.05, 0.1) is 11.6 Å². The first kappa shape index (κ1) is 15.6. The average Bonchev–Trinajstić information content (AvgIpc) is 2.90. The molecule has 20 heavy (non-hydrogen) atoms. The van der Waals surface area contributed by atoms with Crippen LogP contribution in [0.2, 0.25) is 10.0 Å². The number of benzene rings is 1. The largest absolute Gasteiger partial charge is 0.377 e. The van der Waals surface area contributed by atoms with Gasteiger partial charge in [-0.1, -0.05) is 52.5 Å². The van der Waals surface area contributed by atoms with Crippen molar-refractivity contribution in [3.05, 3.63) is 57.0 Å². The zero-order valence-corrected chi connectivity index (χ0v) is 13.0. The van der Waals surface area contributed by atoms with Crippen molar-refractivity contribution in [1.82, 2.24) is 14.8 Å². The Hall–Kier alpha value is -0.780. The minimum absolute atomic E-state index is 0.0103. The number of aromatic nitrogens is 3. The summed E-state index contributed by atoms with van der Waals surface area (Å²) in [6.07, 6.45) is 2.80. The van der Waals surface area contributed by atoms with Crippen molar-refractivity contribution in [2.75, 3.05) is 0 Å². The Bertz CT molecular complexity index is 630. The first-order chi connectivity index (χ1) is 9.47. The Kier molecular flexibility index (Phi) is 4.94. The lowest BCUT2D eigenvalue weighted by Crippen LogP contribution is -2.32. The molecule has 1 aromatic heterocycles. The summed E-state index contributed by atoms with van der Waals surface area (Å²) in [7, 11) is 0. The molecule has 0 saturated carbocycles. The van der Waals surface area contributed by atoms with Crippen LogP contribution < -0.4 is 0 Å². The van der Waals surface area contributed by atoms with E-state index < -0.39 is 5.60 Å². The van der Waals surface area contributed by atoms with Gasteiger partial charge in [0.25, 0.3) is 0 Å². The monoisotopic (exact) mass is 351 g/mol. The standard InChI is InChI=1S/C12H9Cl4N3O/c13-4-11(16)12(20,5-19-7-17-6-18-19)9-2-1-8(14)3-10(9)15/h1-4,6-7,20H,5H2/b11-4-. The quantitative estimate of drug-likeness (QED) is 0.910. The number of aliphatic hydroxyl groups is 1. The van der Waals surface area contributed by atoms with Crippen LogP contribution in [0.25, 0.3) is 0 Å². The maximum Gasteiger partial charge on any atom is 0.147 e. The molecule has 1 aromatic carbocycles. The van der Waals surface area contributed by atoms with Crippen LogP contribution in [-0.2, 0) is 12.1 Å². The average molecular weight is 353 g/mol. The second kappa shape index (κ2) is 6.33. The summed E-state index contributed by atoms with van der Waals surface area (Å²) in [5.41, 5.74) is -0.164. The molecule has 1 heterocycles. The molecule has 8 heteroatoms. The summed E-state index contributed by atoms with van der Waals surface area (Å²) in [6, 6.07) is 4.71. The van der Waals surface area contributed by atoms with Gasteiger partial charge >= 0.3 is 0 Å². The smallest absolute Gasteiger partial charge is 0.147 e. The first-order valence-electron chi connectivity index (χ1n) is 5.44. The van der Waals surface area contributed by atoms with Crippen LogP contribution in [0.3, 0.4) is 0 Å². The summed E-state index contributed by atoms with van der Waals surface area (Å²) in [5, 5.41) is 15.6. The van der Waals surface area contributed by atoms with E-state index in [-0.39, 0.29) is 16.6 Å². The fraction of sp³-hybridized carbons (Fsp3) is 0.167. The molecule has 0 amide bonds. The van der Waals surface area contributed by atoms with Crippen LogP contribution in [0.15, 0.2) is 41.4 Å². The molecule has 0 fully saturated rings. The minimum Gasteiger partial charge on any atom is -0.377 e. The molecule has 0 spiro atoms. The Morgan fingerprint density at radius 1 is 1.40 bits per heavy atom. The van der Waals surface area contributed by atoms with Crippen molar-refractivity contribution in [2.45, 2.75) is 12.1 Å². The zero-order valence-electron chi connectivity index (χ0n) is 9.97. The number of hydrogen-bond acceptors (Lipinski definition) is 3. The zero-order chi connectivity index (χ0) is 14.8. The van der Waals surface area contributed by atoms with Gasteiger partial charge in [-0.3, -0.25) is 0 Å².